The van der Waals surface area contributed by atoms with Crippen LogP contribution in [-0.2, 0) is 11.3 Å². The molecule has 1 heterocycles. The smallest absolute Gasteiger partial charge is 0.320 e. The number of carboxylic acids is 1. The van der Waals surface area contributed by atoms with Gasteiger partial charge >= 0.3 is 5.97 Å². The number of piperidine rings is 1. The Bertz CT molecular complexity index is 453. The number of benzene rings is 1. The summed E-state index contributed by atoms with van der Waals surface area (Å²) in [6.07, 6.45) is 2.77. The van der Waals surface area contributed by atoms with Crippen LogP contribution in [0, 0.1) is 0 Å². The number of carbonyl (C=O) groups is 1. The zero-order valence-corrected chi connectivity index (χ0v) is 12.2. The van der Waals surface area contributed by atoms with Gasteiger partial charge in [0.15, 0.2) is 0 Å². The lowest BCUT2D eigenvalue weighted by Crippen LogP contribution is -2.44. The van der Waals surface area contributed by atoms with Crippen molar-refractivity contribution in [2.45, 2.75) is 31.8 Å². The number of nitrogens with zero attached hydrogens (tertiary/aromatic N) is 1. The Morgan fingerprint density at radius 2 is 2.28 bits per heavy atom. The number of rotatable bonds is 3. The van der Waals surface area contributed by atoms with Crippen LogP contribution in [0.15, 0.2) is 22.7 Å². The summed E-state index contributed by atoms with van der Waals surface area (Å²) in [4.78, 5) is 13.2. The summed E-state index contributed by atoms with van der Waals surface area (Å²) in [6.45, 7) is 1.42. The van der Waals surface area contributed by atoms with Crippen molar-refractivity contribution in [3.63, 3.8) is 0 Å². The molecule has 1 N–H and O–H groups in total. The van der Waals surface area contributed by atoms with Gasteiger partial charge in [0.1, 0.15) is 6.04 Å². The number of hydrogen-bond acceptors (Lipinski definition) is 2. The van der Waals surface area contributed by atoms with Crippen LogP contribution in [0.5, 0.6) is 0 Å². The van der Waals surface area contributed by atoms with E-state index in [2.05, 4.69) is 15.9 Å². The Labute approximate surface area is 120 Å². The van der Waals surface area contributed by atoms with Gasteiger partial charge in [-0.25, -0.2) is 0 Å². The lowest BCUT2D eigenvalue weighted by Gasteiger charge is -2.33. The molecule has 18 heavy (non-hydrogen) atoms. The van der Waals surface area contributed by atoms with Crippen LogP contribution >= 0.6 is 27.5 Å². The Morgan fingerprint density at radius 3 is 2.94 bits per heavy atom. The lowest BCUT2D eigenvalue weighted by atomic mass is 10.0. The minimum absolute atomic E-state index is 0.376. The molecule has 98 valence electrons. The third kappa shape index (κ3) is 3.25. The minimum Gasteiger partial charge on any atom is -0.480 e. The molecule has 0 radical (unpaired) electrons. The summed E-state index contributed by atoms with van der Waals surface area (Å²) < 4.78 is 0.935. The number of carboxylic acid groups (broad SMARTS) is 1. The molecule has 2 rings (SSSR count). The highest BCUT2D eigenvalue weighted by Crippen LogP contribution is 2.25. The Hall–Kier alpha value is -0.580. The first-order chi connectivity index (χ1) is 8.58. The first-order valence-corrected chi connectivity index (χ1v) is 7.16. The van der Waals surface area contributed by atoms with Crippen LogP contribution in [0.25, 0.3) is 0 Å². The number of halogens is 2. The van der Waals surface area contributed by atoms with E-state index in [-0.39, 0.29) is 6.04 Å². The molecule has 0 aliphatic carbocycles. The van der Waals surface area contributed by atoms with Crippen molar-refractivity contribution in [1.82, 2.24) is 4.90 Å². The van der Waals surface area contributed by atoms with Crippen LogP contribution in [0.3, 0.4) is 0 Å². The van der Waals surface area contributed by atoms with Gasteiger partial charge in [-0.2, -0.15) is 0 Å². The maximum Gasteiger partial charge on any atom is 0.320 e. The molecule has 0 bridgehead atoms. The fourth-order valence-corrected chi connectivity index (χ4v) is 3.06. The van der Waals surface area contributed by atoms with E-state index in [0.29, 0.717) is 11.6 Å². The van der Waals surface area contributed by atoms with Gasteiger partial charge in [-0.05, 0) is 37.1 Å². The van der Waals surface area contributed by atoms with E-state index in [1.807, 2.05) is 23.1 Å². The molecular weight excluding hydrogens is 318 g/mol. The standard InChI is InChI=1S/C13H15BrClNO2/c14-10-5-4-9(11(15)7-10)8-16-6-2-1-3-12(16)13(17)18/h4-5,7,12H,1-3,6,8H2,(H,17,18). The van der Waals surface area contributed by atoms with Gasteiger partial charge in [-0.15, -0.1) is 0 Å². The van der Waals surface area contributed by atoms with E-state index in [0.717, 1.165) is 35.8 Å². The van der Waals surface area contributed by atoms with Crippen molar-refractivity contribution in [1.29, 1.82) is 0 Å². The normalized spacial score (nSPS) is 20.9. The van der Waals surface area contributed by atoms with Crippen LogP contribution < -0.4 is 0 Å². The summed E-state index contributed by atoms with van der Waals surface area (Å²) in [5, 5.41) is 9.90. The second kappa shape index (κ2) is 6.04. The fraction of sp³-hybridized carbons (Fsp3) is 0.462. The largest absolute Gasteiger partial charge is 0.480 e. The van der Waals surface area contributed by atoms with E-state index in [1.54, 1.807) is 0 Å². The van der Waals surface area contributed by atoms with Gasteiger partial charge in [0.25, 0.3) is 0 Å². The monoisotopic (exact) mass is 331 g/mol. The molecular formula is C13H15BrClNO2. The van der Waals surface area contributed by atoms with Crippen molar-refractivity contribution in [3.05, 3.63) is 33.3 Å². The molecule has 1 saturated heterocycles. The Kier molecular flexibility index (Phi) is 4.65. The van der Waals surface area contributed by atoms with Crippen LogP contribution in [-0.4, -0.2) is 28.6 Å². The summed E-state index contributed by atoms with van der Waals surface area (Å²) in [6, 6.07) is 5.34. The van der Waals surface area contributed by atoms with Gasteiger partial charge < -0.3 is 5.11 Å². The lowest BCUT2D eigenvalue weighted by molar-refractivity contribution is -0.144. The van der Waals surface area contributed by atoms with Crippen molar-refractivity contribution in [2.24, 2.45) is 0 Å². The molecule has 1 fully saturated rings. The van der Waals surface area contributed by atoms with Gasteiger partial charge in [0.05, 0.1) is 0 Å². The molecule has 5 heteroatoms. The SMILES string of the molecule is O=C(O)C1CCCCN1Cc1ccc(Br)cc1Cl. The average molecular weight is 333 g/mol. The molecule has 1 aliphatic heterocycles. The van der Waals surface area contributed by atoms with Crippen molar-refractivity contribution in [2.75, 3.05) is 6.54 Å². The second-order valence-corrected chi connectivity index (χ2v) is 5.88. The zero-order valence-electron chi connectivity index (χ0n) is 9.90. The summed E-state index contributed by atoms with van der Waals surface area (Å²) in [5.41, 5.74) is 0.980. The van der Waals surface area contributed by atoms with Crippen LogP contribution in [0.2, 0.25) is 5.02 Å². The van der Waals surface area contributed by atoms with Crippen molar-refractivity contribution >= 4 is 33.5 Å². The molecule has 0 amide bonds. The number of aliphatic carboxylic acids is 1. The molecule has 1 aromatic carbocycles. The third-order valence-corrected chi connectivity index (χ3v) is 4.13. The topological polar surface area (TPSA) is 40.5 Å². The predicted octanol–water partition coefficient (Wildman–Crippen LogP) is 3.54. The quantitative estimate of drug-likeness (QED) is 0.920. The minimum atomic E-state index is -0.733. The summed E-state index contributed by atoms with van der Waals surface area (Å²) in [7, 11) is 0. The van der Waals surface area contributed by atoms with E-state index in [9.17, 15) is 9.90 Å². The molecule has 0 spiro atoms. The van der Waals surface area contributed by atoms with Gasteiger partial charge in [-0.3, -0.25) is 9.69 Å². The summed E-state index contributed by atoms with van der Waals surface area (Å²) in [5.74, 6) is -0.733. The van der Waals surface area contributed by atoms with E-state index in [4.69, 9.17) is 11.6 Å². The van der Waals surface area contributed by atoms with Gasteiger partial charge in [-0.1, -0.05) is 40.0 Å². The van der Waals surface area contributed by atoms with Gasteiger partial charge in [0.2, 0.25) is 0 Å². The van der Waals surface area contributed by atoms with Crippen LogP contribution in [0.1, 0.15) is 24.8 Å². The summed E-state index contributed by atoms with van der Waals surface area (Å²) >= 11 is 9.54. The molecule has 1 atom stereocenters. The van der Waals surface area contributed by atoms with E-state index in [1.165, 1.54) is 0 Å². The first kappa shape index (κ1) is 13.8. The number of likely N-dealkylation sites (tertiary alicyclic amines) is 1. The maximum absolute atomic E-state index is 11.2. The molecule has 0 aromatic heterocycles. The van der Waals surface area contributed by atoms with Crippen LogP contribution in [0.4, 0.5) is 0 Å². The fourth-order valence-electron chi connectivity index (χ4n) is 2.33. The average Bonchev–Trinajstić information content (AvgIpc) is 2.33. The number of hydrogen-bond donors (Lipinski definition) is 1. The molecule has 1 aromatic rings. The predicted molar refractivity (Wildman–Crippen MR) is 74.8 cm³/mol. The highest BCUT2D eigenvalue weighted by atomic mass is 79.9. The molecule has 0 saturated carbocycles. The Balaban J connectivity index is 2.13. The molecule has 1 unspecified atom stereocenters. The van der Waals surface area contributed by atoms with E-state index >= 15 is 0 Å². The Morgan fingerprint density at radius 1 is 1.50 bits per heavy atom. The molecule has 1 aliphatic rings. The second-order valence-electron chi connectivity index (χ2n) is 4.56. The van der Waals surface area contributed by atoms with Crippen molar-refractivity contribution < 1.29 is 9.90 Å². The molecule has 3 nitrogen and oxygen atoms in total. The zero-order chi connectivity index (χ0) is 13.1. The third-order valence-electron chi connectivity index (χ3n) is 3.29. The maximum atomic E-state index is 11.2. The first-order valence-electron chi connectivity index (χ1n) is 5.98. The van der Waals surface area contributed by atoms with Gasteiger partial charge in [0, 0.05) is 16.0 Å². The van der Waals surface area contributed by atoms with Crippen molar-refractivity contribution in [3.8, 4) is 0 Å². The highest BCUT2D eigenvalue weighted by molar-refractivity contribution is 9.10. The highest BCUT2D eigenvalue weighted by Gasteiger charge is 2.28. The van der Waals surface area contributed by atoms with E-state index < -0.39 is 5.97 Å².